The van der Waals surface area contributed by atoms with Crippen molar-refractivity contribution in [1.29, 1.82) is 0 Å². The lowest BCUT2D eigenvalue weighted by Crippen LogP contribution is -2.30. The van der Waals surface area contributed by atoms with Gasteiger partial charge in [-0.2, -0.15) is 0 Å². The van der Waals surface area contributed by atoms with Crippen LogP contribution in [0.1, 0.15) is 26.2 Å². The molecule has 0 spiro atoms. The van der Waals surface area contributed by atoms with Crippen LogP contribution in [0.25, 0.3) is 0 Å². The van der Waals surface area contributed by atoms with Gasteiger partial charge in [0, 0.05) is 18.7 Å². The molecule has 2 heterocycles. The van der Waals surface area contributed by atoms with Gasteiger partial charge in [-0.3, -0.25) is 4.79 Å². The van der Waals surface area contributed by atoms with E-state index in [0.717, 1.165) is 12.8 Å². The van der Waals surface area contributed by atoms with Crippen molar-refractivity contribution in [3.05, 3.63) is 0 Å². The summed E-state index contributed by atoms with van der Waals surface area (Å²) in [6.45, 7) is 3.51. The Morgan fingerprint density at radius 2 is 2.27 bits per heavy atom. The Hall–Kier alpha value is -0.610. The highest BCUT2D eigenvalue weighted by Crippen LogP contribution is 2.33. The second kappa shape index (κ2) is 4.94. The first-order valence-corrected chi connectivity index (χ1v) is 5.81. The van der Waals surface area contributed by atoms with E-state index in [0.29, 0.717) is 31.9 Å². The van der Waals surface area contributed by atoms with Crippen molar-refractivity contribution in [1.82, 2.24) is 5.32 Å². The average Bonchev–Trinajstić information content (AvgIpc) is 2.85. The van der Waals surface area contributed by atoms with Gasteiger partial charge in [0.05, 0.1) is 12.5 Å². The highest BCUT2D eigenvalue weighted by Gasteiger charge is 2.43. The summed E-state index contributed by atoms with van der Waals surface area (Å²) in [6.07, 6.45) is 3.29. The summed E-state index contributed by atoms with van der Waals surface area (Å²) < 4.78 is 10.3. The number of hydrogen-bond donors (Lipinski definition) is 1. The Morgan fingerprint density at radius 1 is 1.40 bits per heavy atom. The minimum absolute atomic E-state index is 0.0468. The van der Waals surface area contributed by atoms with Crippen LogP contribution in [-0.2, 0) is 14.3 Å². The van der Waals surface area contributed by atoms with Crippen molar-refractivity contribution in [3.63, 3.8) is 0 Å². The molecule has 2 saturated heterocycles. The number of nitrogens with one attached hydrogen (secondary N) is 1. The molecule has 2 aliphatic heterocycles. The lowest BCUT2D eigenvalue weighted by molar-refractivity contribution is -0.150. The third-order valence-corrected chi connectivity index (χ3v) is 3.28. The topological polar surface area (TPSA) is 47.6 Å². The maximum absolute atomic E-state index is 11.7. The van der Waals surface area contributed by atoms with Crippen LogP contribution in [0.15, 0.2) is 0 Å². The van der Waals surface area contributed by atoms with Crippen LogP contribution in [-0.4, -0.2) is 37.9 Å². The van der Waals surface area contributed by atoms with Crippen LogP contribution in [0.4, 0.5) is 0 Å². The Bertz CT molecular complexity index is 232. The quantitative estimate of drug-likeness (QED) is 0.539. The number of ether oxygens (including phenoxy) is 2. The van der Waals surface area contributed by atoms with E-state index in [1.807, 2.05) is 6.92 Å². The monoisotopic (exact) mass is 213 g/mol. The summed E-state index contributed by atoms with van der Waals surface area (Å²) in [5.41, 5.74) is 0. The molecule has 2 rings (SSSR count). The van der Waals surface area contributed by atoms with E-state index >= 15 is 0 Å². The predicted molar refractivity (Wildman–Crippen MR) is 55.5 cm³/mol. The first kappa shape index (κ1) is 10.9. The first-order valence-electron chi connectivity index (χ1n) is 5.81. The molecule has 4 heteroatoms. The highest BCUT2D eigenvalue weighted by molar-refractivity contribution is 5.74. The Kier molecular flexibility index (Phi) is 3.59. The van der Waals surface area contributed by atoms with Crippen molar-refractivity contribution in [2.24, 2.45) is 5.92 Å². The van der Waals surface area contributed by atoms with Crippen molar-refractivity contribution < 1.29 is 14.3 Å². The fourth-order valence-corrected chi connectivity index (χ4v) is 2.54. The zero-order chi connectivity index (χ0) is 10.7. The molecule has 3 unspecified atom stereocenters. The van der Waals surface area contributed by atoms with Gasteiger partial charge in [0.15, 0.2) is 0 Å². The van der Waals surface area contributed by atoms with Crippen LogP contribution >= 0.6 is 0 Å². The molecular formula is C11H19NO3. The number of rotatable bonds is 5. The summed E-state index contributed by atoms with van der Waals surface area (Å²) in [7, 11) is 0. The van der Waals surface area contributed by atoms with Crippen LogP contribution in [0.3, 0.4) is 0 Å². The lowest BCUT2D eigenvalue weighted by Gasteiger charge is -2.18. The van der Waals surface area contributed by atoms with Crippen LogP contribution < -0.4 is 5.32 Å². The van der Waals surface area contributed by atoms with Gasteiger partial charge in [-0.25, -0.2) is 0 Å². The second-order valence-corrected chi connectivity index (χ2v) is 4.25. The molecule has 0 aromatic rings. The molecule has 2 fully saturated rings. The third-order valence-electron chi connectivity index (χ3n) is 3.28. The van der Waals surface area contributed by atoms with Gasteiger partial charge in [-0.1, -0.05) is 0 Å². The number of esters is 1. The standard InChI is InChI=1S/C11H19NO3/c1-2-14-5-6-15-11(13)9-7-8-3-4-10(9)12-8/h8-10,12H,2-7H2,1H3. The summed E-state index contributed by atoms with van der Waals surface area (Å²) in [4.78, 5) is 11.7. The van der Waals surface area contributed by atoms with E-state index in [-0.39, 0.29) is 11.9 Å². The largest absolute Gasteiger partial charge is 0.463 e. The normalized spacial score (nSPS) is 33.3. The Balaban J connectivity index is 1.68. The van der Waals surface area contributed by atoms with Crippen molar-refractivity contribution in [3.8, 4) is 0 Å². The summed E-state index contributed by atoms with van der Waals surface area (Å²) in [5, 5.41) is 3.43. The summed E-state index contributed by atoms with van der Waals surface area (Å²) >= 11 is 0. The number of fused-ring (bicyclic) bond motifs is 2. The maximum Gasteiger partial charge on any atom is 0.310 e. The van der Waals surface area contributed by atoms with Gasteiger partial charge in [0.1, 0.15) is 6.61 Å². The predicted octanol–water partition coefficient (Wildman–Crippen LogP) is 0.707. The number of carbonyl (C=O) groups is 1. The van der Waals surface area contributed by atoms with Gasteiger partial charge < -0.3 is 14.8 Å². The molecule has 0 saturated carbocycles. The molecule has 2 bridgehead atoms. The molecule has 0 aliphatic carbocycles. The fraction of sp³-hybridized carbons (Fsp3) is 0.909. The third kappa shape index (κ3) is 2.49. The first-order chi connectivity index (χ1) is 7.31. The van der Waals surface area contributed by atoms with E-state index < -0.39 is 0 Å². The van der Waals surface area contributed by atoms with Gasteiger partial charge in [-0.15, -0.1) is 0 Å². The Morgan fingerprint density at radius 3 is 2.87 bits per heavy atom. The SMILES string of the molecule is CCOCCOC(=O)C1CC2CCC1N2. The molecule has 1 N–H and O–H groups in total. The molecular weight excluding hydrogens is 194 g/mol. The zero-order valence-electron chi connectivity index (χ0n) is 9.20. The van der Waals surface area contributed by atoms with Crippen molar-refractivity contribution in [2.45, 2.75) is 38.3 Å². The molecule has 0 radical (unpaired) electrons. The molecule has 4 nitrogen and oxygen atoms in total. The maximum atomic E-state index is 11.7. The number of hydrogen-bond acceptors (Lipinski definition) is 4. The van der Waals surface area contributed by atoms with Gasteiger partial charge in [-0.05, 0) is 26.2 Å². The minimum atomic E-state index is -0.0468. The molecule has 0 aromatic carbocycles. The van der Waals surface area contributed by atoms with Crippen molar-refractivity contribution in [2.75, 3.05) is 19.8 Å². The van der Waals surface area contributed by atoms with Gasteiger partial charge >= 0.3 is 5.97 Å². The van der Waals surface area contributed by atoms with Crippen LogP contribution in [0.5, 0.6) is 0 Å². The van der Waals surface area contributed by atoms with Gasteiger partial charge in [0.2, 0.25) is 0 Å². The Labute approximate surface area is 90.3 Å². The molecule has 0 amide bonds. The summed E-state index contributed by atoms with van der Waals surface area (Å²) in [5.74, 6) is 0.0415. The van der Waals surface area contributed by atoms with E-state index in [1.54, 1.807) is 0 Å². The molecule has 15 heavy (non-hydrogen) atoms. The second-order valence-electron chi connectivity index (χ2n) is 4.25. The van der Waals surface area contributed by atoms with E-state index in [9.17, 15) is 4.79 Å². The smallest absolute Gasteiger partial charge is 0.310 e. The van der Waals surface area contributed by atoms with Crippen LogP contribution in [0, 0.1) is 5.92 Å². The molecule has 86 valence electrons. The highest BCUT2D eigenvalue weighted by atomic mass is 16.6. The van der Waals surface area contributed by atoms with Crippen molar-refractivity contribution >= 4 is 5.97 Å². The minimum Gasteiger partial charge on any atom is -0.463 e. The number of carbonyl (C=O) groups excluding carboxylic acids is 1. The van der Waals surface area contributed by atoms with Crippen LogP contribution in [0.2, 0.25) is 0 Å². The molecule has 0 aromatic heterocycles. The molecule has 3 atom stereocenters. The fourth-order valence-electron chi connectivity index (χ4n) is 2.54. The lowest BCUT2D eigenvalue weighted by atomic mass is 9.89. The van der Waals surface area contributed by atoms with E-state index in [1.165, 1.54) is 6.42 Å². The average molecular weight is 213 g/mol. The summed E-state index contributed by atoms with van der Waals surface area (Å²) in [6, 6.07) is 0.925. The zero-order valence-corrected chi connectivity index (χ0v) is 9.20. The molecule has 2 aliphatic rings. The van der Waals surface area contributed by atoms with E-state index in [4.69, 9.17) is 9.47 Å². The van der Waals surface area contributed by atoms with E-state index in [2.05, 4.69) is 5.32 Å². The van der Waals surface area contributed by atoms with Gasteiger partial charge in [0.25, 0.3) is 0 Å².